The molecule has 18 heavy (non-hydrogen) atoms. The van der Waals surface area contributed by atoms with Crippen molar-refractivity contribution in [1.29, 1.82) is 0 Å². The molecule has 2 aromatic rings. The second-order valence-corrected chi connectivity index (χ2v) is 4.24. The highest BCUT2D eigenvalue weighted by atomic mass is 16.1. The highest BCUT2D eigenvalue weighted by molar-refractivity contribution is 5.90. The number of benzene rings is 1. The van der Waals surface area contributed by atoms with Crippen LogP contribution in [-0.2, 0) is 11.2 Å². The zero-order valence-electron chi connectivity index (χ0n) is 10.4. The van der Waals surface area contributed by atoms with Crippen LogP contribution in [0.25, 0.3) is 0 Å². The molecule has 0 saturated carbocycles. The van der Waals surface area contributed by atoms with Gasteiger partial charge in [-0.3, -0.25) is 4.79 Å². The fraction of sp³-hybridized carbons (Fsp3) is 0.286. The van der Waals surface area contributed by atoms with Crippen molar-refractivity contribution in [2.75, 3.05) is 5.32 Å². The van der Waals surface area contributed by atoms with Gasteiger partial charge in [-0.15, -0.1) is 0 Å². The summed E-state index contributed by atoms with van der Waals surface area (Å²) in [7, 11) is 0. The Bertz CT molecular complexity index is 506. The van der Waals surface area contributed by atoms with Crippen LogP contribution < -0.4 is 5.32 Å². The molecule has 94 valence electrons. The van der Waals surface area contributed by atoms with E-state index in [2.05, 4.69) is 15.3 Å². The lowest BCUT2D eigenvalue weighted by molar-refractivity contribution is -0.116. The Morgan fingerprint density at radius 2 is 2.33 bits per heavy atom. The largest absolute Gasteiger partial charge is 0.351 e. The van der Waals surface area contributed by atoms with E-state index in [0.717, 1.165) is 29.8 Å². The summed E-state index contributed by atoms with van der Waals surface area (Å²) in [5, 5.41) is 2.90. The fourth-order valence-corrected chi connectivity index (χ4v) is 1.81. The van der Waals surface area contributed by atoms with Crippen LogP contribution in [0.3, 0.4) is 0 Å². The van der Waals surface area contributed by atoms with Gasteiger partial charge in [-0.2, -0.15) is 0 Å². The summed E-state index contributed by atoms with van der Waals surface area (Å²) in [5.41, 5.74) is 2.98. The number of H-pyrrole nitrogens is 1. The molecule has 0 spiro atoms. The normalized spacial score (nSPS) is 10.3. The van der Waals surface area contributed by atoms with Gasteiger partial charge in [-0.1, -0.05) is 19.1 Å². The third-order valence-electron chi connectivity index (χ3n) is 2.63. The molecule has 0 aliphatic carbocycles. The Morgan fingerprint density at radius 3 is 3.06 bits per heavy atom. The summed E-state index contributed by atoms with van der Waals surface area (Å²) >= 11 is 0. The third kappa shape index (κ3) is 3.45. The number of rotatable bonds is 5. The van der Waals surface area contributed by atoms with Crippen molar-refractivity contribution < 1.29 is 4.79 Å². The molecule has 2 rings (SSSR count). The number of hydrogen-bond acceptors (Lipinski definition) is 2. The van der Waals surface area contributed by atoms with Gasteiger partial charge >= 0.3 is 0 Å². The van der Waals surface area contributed by atoms with Gasteiger partial charge in [0.1, 0.15) is 0 Å². The second-order valence-electron chi connectivity index (χ2n) is 4.24. The first-order chi connectivity index (χ1) is 8.78. The van der Waals surface area contributed by atoms with E-state index < -0.39 is 0 Å². The number of amides is 1. The molecule has 1 aromatic heterocycles. The van der Waals surface area contributed by atoms with Crippen molar-refractivity contribution in [2.24, 2.45) is 0 Å². The molecule has 0 fully saturated rings. The van der Waals surface area contributed by atoms with Gasteiger partial charge in [0.2, 0.25) is 5.91 Å². The van der Waals surface area contributed by atoms with Crippen LogP contribution in [0, 0.1) is 0 Å². The molecule has 1 amide bonds. The zero-order valence-corrected chi connectivity index (χ0v) is 10.4. The van der Waals surface area contributed by atoms with E-state index in [0.29, 0.717) is 6.42 Å². The quantitative estimate of drug-likeness (QED) is 0.848. The van der Waals surface area contributed by atoms with E-state index in [1.807, 2.05) is 37.4 Å². The number of nitrogens with zero attached hydrogens (tertiary/aromatic N) is 1. The first-order valence-electron chi connectivity index (χ1n) is 6.14. The van der Waals surface area contributed by atoms with Crippen LogP contribution in [-0.4, -0.2) is 15.9 Å². The van der Waals surface area contributed by atoms with Crippen LogP contribution in [0.15, 0.2) is 36.8 Å². The van der Waals surface area contributed by atoms with Gasteiger partial charge in [0.25, 0.3) is 0 Å². The van der Waals surface area contributed by atoms with Crippen LogP contribution in [0.1, 0.15) is 31.0 Å². The summed E-state index contributed by atoms with van der Waals surface area (Å²) < 4.78 is 0. The van der Waals surface area contributed by atoms with E-state index in [1.165, 1.54) is 0 Å². The Hall–Kier alpha value is -2.10. The third-order valence-corrected chi connectivity index (χ3v) is 2.63. The van der Waals surface area contributed by atoms with E-state index >= 15 is 0 Å². The molecular formula is C14H17N3O. The number of nitrogens with one attached hydrogen (secondary N) is 2. The molecule has 4 nitrogen and oxygen atoms in total. The van der Waals surface area contributed by atoms with Crippen molar-refractivity contribution in [3.8, 4) is 0 Å². The maximum Gasteiger partial charge on any atom is 0.224 e. The first kappa shape index (κ1) is 12.4. The molecule has 4 heteroatoms. The minimum atomic E-state index is 0.0643. The average Bonchev–Trinajstić information content (AvgIpc) is 2.82. The summed E-state index contributed by atoms with van der Waals surface area (Å²) in [5.74, 6) is 0.0643. The number of anilines is 1. The second kappa shape index (κ2) is 6.00. The standard InChI is InChI=1S/C14H17N3O/c1-2-4-14(18)17-12-6-3-5-11(7-12)8-13-9-15-10-16-13/h3,5-7,9-10H,2,4,8H2,1H3,(H,15,16)(H,17,18). The Kier molecular flexibility index (Phi) is 4.12. The summed E-state index contributed by atoms with van der Waals surface area (Å²) in [4.78, 5) is 18.6. The van der Waals surface area contributed by atoms with Gasteiger partial charge in [0.05, 0.1) is 12.0 Å². The molecule has 0 unspecified atom stereocenters. The predicted molar refractivity (Wildman–Crippen MR) is 71.4 cm³/mol. The van der Waals surface area contributed by atoms with Crippen molar-refractivity contribution in [1.82, 2.24) is 9.97 Å². The number of imidazole rings is 1. The molecular weight excluding hydrogens is 226 g/mol. The maximum atomic E-state index is 11.5. The van der Waals surface area contributed by atoms with Gasteiger partial charge < -0.3 is 10.3 Å². The first-order valence-corrected chi connectivity index (χ1v) is 6.14. The zero-order chi connectivity index (χ0) is 12.8. The Morgan fingerprint density at radius 1 is 1.44 bits per heavy atom. The smallest absolute Gasteiger partial charge is 0.224 e. The lowest BCUT2D eigenvalue weighted by Gasteiger charge is -2.06. The molecule has 0 atom stereocenters. The molecule has 0 aliphatic rings. The highest BCUT2D eigenvalue weighted by Crippen LogP contribution is 2.14. The fourth-order valence-electron chi connectivity index (χ4n) is 1.81. The summed E-state index contributed by atoms with van der Waals surface area (Å²) in [6.45, 7) is 1.99. The van der Waals surface area contributed by atoms with Crippen molar-refractivity contribution in [3.63, 3.8) is 0 Å². The van der Waals surface area contributed by atoms with Crippen LogP contribution in [0.2, 0.25) is 0 Å². The monoisotopic (exact) mass is 243 g/mol. The van der Waals surface area contributed by atoms with Gasteiger partial charge in [0.15, 0.2) is 0 Å². The number of carbonyl (C=O) groups excluding carboxylic acids is 1. The average molecular weight is 243 g/mol. The van der Waals surface area contributed by atoms with E-state index in [-0.39, 0.29) is 5.91 Å². The maximum absolute atomic E-state index is 11.5. The van der Waals surface area contributed by atoms with E-state index in [4.69, 9.17) is 0 Å². The Labute approximate surface area is 106 Å². The van der Waals surface area contributed by atoms with Crippen LogP contribution in [0.5, 0.6) is 0 Å². The van der Waals surface area contributed by atoms with Crippen LogP contribution in [0.4, 0.5) is 5.69 Å². The van der Waals surface area contributed by atoms with Gasteiger partial charge in [0, 0.05) is 24.7 Å². The molecule has 1 aromatic carbocycles. The van der Waals surface area contributed by atoms with Crippen molar-refractivity contribution in [2.45, 2.75) is 26.2 Å². The highest BCUT2D eigenvalue weighted by Gasteiger charge is 2.03. The van der Waals surface area contributed by atoms with E-state index in [1.54, 1.807) is 6.33 Å². The van der Waals surface area contributed by atoms with Gasteiger partial charge in [-0.25, -0.2) is 4.98 Å². The number of aromatic amines is 1. The lowest BCUT2D eigenvalue weighted by Crippen LogP contribution is -2.10. The van der Waals surface area contributed by atoms with Crippen molar-refractivity contribution >= 4 is 11.6 Å². The topological polar surface area (TPSA) is 57.8 Å². The predicted octanol–water partition coefficient (Wildman–Crippen LogP) is 2.74. The molecule has 0 radical (unpaired) electrons. The van der Waals surface area contributed by atoms with Gasteiger partial charge in [-0.05, 0) is 24.1 Å². The molecule has 0 aliphatic heterocycles. The number of carbonyl (C=O) groups is 1. The minimum Gasteiger partial charge on any atom is -0.351 e. The number of aromatic nitrogens is 2. The summed E-state index contributed by atoms with van der Waals surface area (Å²) in [6.07, 6.45) is 5.73. The summed E-state index contributed by atoms with van der Waals surface area (Å²) in [6, 6.07) is 7.87. The molecule has 0 saturated heterocycles. The molecule has 2 N–H and O–H groups in total. The van der Waals surface area contributed by atoms with Crippen molar-refractivity contribution in [3.05, 3.63) is 48.0 Å². The minimum absolute atomic E-state index is 0.0643. The lowest BCUT2D eigenvalue weighted by atomic mass is 10.1. The SMILES string of the molecule is CCCC(=O)Nc1cccc(Cc2c[nH]cn2)c1. The molecule has 1 heterocycles. The Balaban J connectivity index is 2.03. The number of hydrogen-bond donors (Lipinski definition) is 2. The molecule has 0 bridgehead atoms. The van der Waals surface area contributed by atoms with E-state index in [9.17, 15) is 4.79 Å². The van der Waals surface area contributed by atoms with Crippen LogP contribution >= 0.6 is 0 Å².